The lowest BCUT2D eigenvalue weighted by Gasteiger charge is -2.09. The van der Waals surface area contributed by atoms with Gasteiger partial charge in [0.05, 0.1) is 23.9 Å². The first-order valence-corrected chi connectivity index (χ1v) is 11.7. The van der Waals surface area contributed by atoms with E-state index in [9.17, 15) is 21.6 Å². The minimum absolute atomic E-state index is 0.0129. The third kappa shape index (κ3) is 6.07. The number of aromatic amines is 1. The number of H-pyrrole nitrogens is 1. The van der Waals surface area contributed by atoms with Crippen LogP contribution in [0.25, 0.3) is 11.0 Å². The van der Waals surface area contributed by atoms with Crippen LogP contribution in [0.2, 0.25) is 0 Å². The topological polar surface area (TPSA) is 177 Å². The predicted octanol–water partition coefficient (Wildman–Crippen LogP) is 1.81. The maximum absolute atomic E-state index is 12.5. The zero-order valence-corrected chi connectivity index (χ0v) is 17.7. The third-order valence-electron chi connectivity index (χ3n) is 3.90. The number of rotatable bonds is 8. The van der Waals surface area contributed by atoms with Crippen molar-refractivity contribution in [2.45, 2.75) is 4.90 Å². The first kappa shape index (κ1) is 22.3. The van der Waals surface area contributed by atoms with Crippen molar-refractivity contribution in [3.05, 3.63) is 42.5 Å². The normalized spacial score (nSPS) is 11.8. The van der Waals surface area contributed by atoms with Crippen molar-refractivity contribution >= 4 is 49.0 Å². The molecule has 12 nitrogen and oxygen atoms in total. The minimum Gasteiger partial charge on any atom is -0.453 e. The second kappa shape index (κ2) is 8.79. The molecular formula is C17H18N4O8S2. The van der Waals surface area contributed by atoms with Crippen LogP contribution in [0.1, 0.15) is 0 Å². The maximum atomic E-state index is 12.5. The quantitative estimate of drug-likeness (QED) is 0.280. The molecule has 1 amide bonds. The Morgan fingerprint density at radius 2 is 1.84 bits per heavy atom. The van der Waals surface area contributed by atoms with Gasteiger partial charge in [-0.05, 0) is 36.4 Å². The number of carbonyl (C=O) groups is 1. The van der Waals surface area contributed by atoms with Gasteiger partial charge in [0, 0.05) is 18.3 Å². The van der Waals surface area contributed by atoms with Crippen LogP contribution in [0.15, 0.2) is 47.4 Å². The number of nitrogens with one attached hydrogen (secondary N) is 3. The van der Waals surface area contributed by atoms with E-state index in [4.69, 9.17) is 8.74 Å². The summed E-state index contributed by atoms with van der Waals surface area (Å²) in [6.45, 7) is -0.0437. The molecule has 0 spiro atoms. The first-order valence-electron chi connectivity index (χ1n) is 8.64. The highest BCUT2D eigenvalue weighted by atomic mass is 32.2. The number of carbonyl (C=O) groups excluding carboxylic acids is 1. The fraction of sp³-hybridized carbons (Fsp3) is 0.176. The van der Waals surface area contributed by atoms with E-state index in [1.54, 1.807) is 0 Å². The van der Waals surface area contributed by atoms with Gasteiger partial charge in [-0.2, -0.15) is 16.8 Å². The molecule has 0 atom stereocenters. The molecule has 0 aliphatic carbocycles. The Balaban J connectivity index is 1.70. The molecule has 0 fully saturated rings. The van der Waals surface area contributed by atoms with E-state index < -0.39 is 32.1 Å². The van der Waals surface area contributed by atoms with E-state index in [1.807, 2.05) is 0 Å². The number of imidazole rings is 1. The largest absolute Gasteiger partial charge is 0.453 e. The van der Waals surface area contributed by atoms with Gasteiger partial charge in [0.2, 0.25) is 5.95 Å². The number of aromatic nitrogens is 2. The summed E-state index contributed by atoms with van der Waals surface area (Å²) in [6.07, 6.45) is -0.714. The summed E-state index contributed by atoms with van der Waals surface area (Å²) in [6, 6.07) is 9.79. The number of fused-ring (bicyclic) bond motifs is 1. The van der Waals surface area contributed by atoms with Gasteiger partial charge in [0.1, 0.15) is 10.6 Å². The highest BCUT2D eigenvalue weighted by Crippen LogP contribution is 2.24. The monoisotopic (exact) mass is 470 g/mol. The molecule has 3 rings (SSSR count). The minimum atomic E-state index is -4.15. The highest BCUT2D eigenvalue weighted by molar-refractivity contribution is 7.87. The van der Waals surface area contributed by atoms with Gasteiger partial charge in [-0.25, -0.2) is 9.78 Å². The lowest BCUT2D eigenvalue weighted by Crippen LogP contribution is -2.14. The average Bonchev–Trinajstić information content (AvgIpc) is 3.08. The van der Waals surface area contributed by atoms with E-state index >= 15 is 0 Å². The lowest BCUT2D eigenvalue weighted by atomic mass is 10.3. The van der Waals surface area contributed by atoms with Crippen LogP contribution in [0, 0.1) is 0 Å². The van der Waals surface area contributed by atoms with E-state index in [0.29, 0.717) is 16.7 Å². The van der Waals surface area contributed by atoms with Gasteiger partial charge in [0.15, 0.2) is 0 Å². The van der Waals surface area contributed by atoms with Crippen molar-refractivity contribution < 1.29 is 35.1 Å². The van der Waals surface area contributed by atoms with Crippen molar-refractivity contribution in [1.29, 1.82) is 0 Å². The standard InChI is InChI=1S/C17H18N4O8S2/c1-28-17(22)21-16-19-14-7-4-12(10-15(14)20-16)29-31(26,27)13-5-2-11(3-6-13)18-8-9-30(23,24)25/h2-7,10,18H,8-9H2,1H3,(H,23,24,25)(H2,19,20,21,22). The van der Waals surface area contributed by atoms with Crippen molar-refractivity contribution in [2.24, 2.45) is 0 Å². The second-order valence-electron chi connectivity index (χ2n) is 6.16. The summed E-state index contributed by atoms with van der Waals surface area (Å²) in [7, 11) is -7.04. The molecule has 0 aliphatic rings. The Hall–Kier alpha value is -3.36. The molecule has 0 saturated heterocycles. The zero-order chi connectivity index (χ0) is 22.6. The van der Waals surface area contributed by atoms with Gasteiger partial charge in [-0.15, -0.1) is 0 Å². The van der Waals surface area contributed by atoms with Crippen molar-refractivity contribution in [3.8, 4) is 5.75 Å². The molecule has 4 N–H and O–H groups in total. The molecule has 1 heterocycles. The van der Waals surface area contributed by atoms with E-state index in [2.05, 4.69) is 25.3 Å². The van der Waals surface area contributed by atoms with Crippen LogP contribution >= 0.6 is 0 Å². The Bertz CT molecular complexity index is 1300. The Morgan fingerprint density at radius 1 is 1.13 bits per heavy atom. The number of methoxy groups -OCH3 is 1. The summed E-state index contributed by atoms with van der Waals surface area (Å²) in [5.74, 6) is -0.346. The number of hydrogen-bond acceptors (Lipinski definition) is 9. The molecular weight excluding hydrogens is 452 g/mol. The first-order chi connectivity index (χ1) is 14.6. The molecule has 3 aromatic rings. The molecule has 14 heteroatoms. The summed E-state index contributed by atoms with van der Waals surface area (Å²) >= 11 is 0. The predicted molar refractivity (Wildman–Crippen MR) is 111 cm³/mol. The van der Waals surface area contributed by atoms with Crippen LogP contribution in [0.5, 0.6) is 5.75 Å². The van der Waals surface area contributed by atoms with Crippen LogP contribution < -0.4 is 14.8 Å². The number of amides is 1. The molecule has 0 radical (unpaired) electrons. The summed E-state index contributed by atoms with van der Waals surface area (Å²) in [4.78, 5) is 18.1. The Morgan fingerprint density at radius 3 is 2.48 bits per heavy atom. The van der Waals surface area contributed by atoms with E-state index in [1.165, 1.54) is 49.6 Å². The van der Waals surface area contributed by atoms with Crippen LogP contribution in [-0.4, -0.2) is 56.9 Å². The lowest BCUT2D eigenvalue weighted by molar-refractivity contribution is 0.186. The SMILES string of the molecule is COC(=O)Nc1nc2cc(OS(=O)(=O)c3ccc(NCCS(=O)(=O)O)cc3)ccc2[nH]1. The van der Waals surface area contributed by atoms with Gasteiger partial charge in [-0.1, -0.05) is 0 Å². The van der Waals surface area contributed by atoms with Crippen molar-refractivity contribution in [2.75, 3.05) is 30.0 Å². The number of nitrogens with zero attached hydrogens (tertiary/aromatic N) is 1. The fourth-order valence-electron chi connectivity index (χ4n) is 2.48. The van der Waals surface area contributed by atoms with Crippen molar-refractivity contribution in [1.82, 2.24) is 9.97 Å². The molecule has 0 bridgehead atoms. The number of hydrogen-bond donors (Lipinski definition) is 4. The molecule has 0 aliphatic heterocycles. The second-order valence-corrected chi connectivity index (χ2v) is 9.27. The van der Waals surface area contributed by atoms with Crippen LogP contribution in [-0.2, 0) is 25.0 Å². The maximum Gasteiger partial charge on any atom is 0.413 e. The van der Waals surface area contributed by atoms with Crippen LogP contribution in [0.4, 0.5) is 16.4 Å². The summed E-state index contributed by atoms with van der Waals surface area (Å²) in [5, 5.41) is 5.11. The Kier molecular flexibility index (Phi) is 6.33. The number of benzene rings is 2. The van der Waals surface area contributed by atoms with Crippen molar-refractivity contribution in [3.63, 3.8) is 0 Å². The molecule has 166 valence electrons. The van der Waals surface area contributed by atoms with E-state index in [-0.39, 0.29) is 23.1 Å². The van der Waals surface area contributed by atoms with E-state index in [0.717, 1.165) is 0 Å². The highest BCUT2D eigenvalue weighted by Gasteiger charge is 2.18. The van der Waals surface area contributed by atoms with Gasteiger partial charge in [-0.3, -0.25) is 9.87 Å². The number of anilines is 2. The molecule has 31 heavy (non-hydrogen) atoms. The smallest absolute Gasteiger partial charge is 0.413 e. The van der Waals surface area contributed by atoms with Gasteiger partial charge < -0.3 is 19.2 Å². The summed E-state index contributed by atoms with van der Waals surface area (Å²) < 4.78 is 64.8. The fourth-order valence-corrected chi connectivity index (χ4v) is 3.77. The zero-order valence-electron chi connectivity index (χ0n) is 16.0. The molecule has 1 aromatic heterocycles. The Labute approximate surface area is 177 Å². The number of ether oxygens (including phenoxy) is 1. The van der Waals surface area contributed by atoms with Crippen LogP contribution in [0.3, 0.4) is 0 Å². The molecule has 0 unspecified atom stereocenters. The molecule has 0 saturated carbocycles. The molecule has 2 aromatic carbocycles. The summed E-state index contributed by atoms with van der Waals surface area (Å²) in [5.41, 5.74) is 1.36. The third-order valence-corrected chi connectivity index (χ3v) is 5.88. The average molecular weight is 470 g/mol. The van der Waals surface area contributed by atoms with Gasteiger partial charge >= 0.3 is 16.2 Å². The van der Waals surface area contributed by atoms with Gasteiger partial charge in [0.25, 0.3) is 10.1 Å².